The highest BCUT2D eigenvalue weighted by molar-refractivity contribution is 7.44. The number of aliphatic hydroxyl groups excluding tert-OH is 1. The van der Waals surface area contributed by atoms with Crippen LogP contribution in [0.2, 0.25) is 0 Å². The van der Waals surface area contributed by atoms with Gasteiger partial charge >= 0.3 is 0 Å². The van der Waals surface area contributed by atoms with Crippen molar-refractivity contribution in [2.75, 3.05) is 13.2 Å². The van der Waals surface area contributed by atoms with E-state index in [4.69, 9.17) is 15.7 Å². The molecule has 2 atom stereocenters. The molecule has 11 nitrogen and oxygen atoms in total. The summed E-state index contributed by atoms with van der Waals surface area (Å²) in [5.41, 5.74) is -0.158. The fourth-order valence-electron chi connectivity index (χ4n) is 3.32. The van der Waals surface area contributed by atoms with Crippen LogP contribution in [0.3, 0.4) is 0 Å². The molecule has 1 rings (SSSR count). The second kappa shape index (κ2) is 14.8. The Morgan fingerprint density at radius 2 is 1.91 bits per heavy atom. The predicted octanol–water partition coefficient (Wildman–Crippen LogP) is 4.87. The van der Waals surface area contributed by atoms with Crippen LogP contribution in [0.15, 0.2) is 18.2 Å². The number of hydrogen-bond donors (Lipinski definition) is 1. The number of nitriles is 1. The van der Waals surface area contributed by atoms with Crippen LogP contribution in [0, 0.1) is 31.6 Å². The Morgan fingerprint density at radius 3 is 2.45 bits per heavy atom. The predicted molar refractivity (Wildman–Crippen MR) is 124 cm³/mol. The third-order valence-corrected chi connectivity index (χ3v) is 6.97. The SMILES string of the molecule is [3H]OCC(CCCCc1ccc([N+](=O)[O-])cc1[N+](=O)[O-])OP(OCCC#N)N(C(C)C)C(C)C. The maximum absolute atomic E-state index is 11.3. The highest BCUT2D eigenvalue weighted by Crippen LogP contribution is 2.47. The van der Waals surface area contributed by atoms with Crippen molar-refractivity contribution in [3.05, 3.63) is 44.0 Å². The van der Waals surface area contributed by atoms with E-state index < -0.39 is 24.5 Å². The molecular formula is C21H33N4O7P. The summed E-state index contributed by atoms with van der Waals surface area (Å²) in [6.07, 6.45) is 1.93. The van der Waals surface area contributed by atoms with Crippen LogP contribution < -0.4 is 0 Å². The monoisotopic (exact) mass is 486 g/mol. The summed E-state index contributed by atoms with van der Waals surface area (Å²) in [6.45, 7) is 8.37. The Hall–Kier alpha value is -2.22. The molecule has 0 aliphatic rings. The molecule has 0 spiro atoms. The molecule has 0 saturated heterocycles. The molecule has 184 valence electrons. The van der Waals surface area contributed by atoms with Gasteiger partial charge < -0.3 is 14.2 Å². The van der Waals surface area contributed by atoms with Gasteiger partial charge in [0.15, 0.2) is 0 Å². The van der Waals surface area contributed by atoms with E-state index in [0.29, 0.717) is 31.2 Å². The number of aryl methyl sites for hydroxylation is 1. The standard InChI is InChI=1S/C21H33N4O7P/c1-16(2)23(17(3)4)33(31-13-7-12-22)32-20(15-26)9-6-5-8-18-10-11-19(24(27)28)14-21(18)25(29)30/h10-11,14,16-17,20,26H,5-9,13,15H2,1-4H3/i26T. The van der Waals surface area contributed by atoms with Gasteiger partial charge in [-0.15, -0.1) is 0 Å². The fourth-order valence-corrected chi connectivity index (χ4v) is 5.05. The molecule has 2 unspecified atom stereocenters. The van der Waals surface area contributed by atoms with E-state index in [0.717, 1.165) is 6.07 Å². The molecule has 0 aromatic heterocycles. The van der Waals surface area contributed by atoms with Gasteiger partial charge in [0.05, 0.1) is 47.7 Å². The highest BCUT2D eigenvalue weighted by atomic mass is 31.2. The van der Waals surface area contributed by atoms with Crippen LogP contribution in [0.1, 0.15) is 58.9 Å². The molecule has 0 amide bonds. The summed E-state index contributed by atoms with van der Waals surface area (Å²) in [4.78, 5) is 20.9. The normalized spacial score (nSPS) is 13.7. The van der Waals surface area contributed by atoms with Gasteiger partial charge in [-0.1, -0.05) is 6.42 Å². The maximum atomic E-state index is 11.3. The smallest absolute Gasteiger partial charge is 0.279 e. The average molecular weight is 486 g/mol. The van der Waals surface area contributed by atoms with Crippen molar-refractivity contribution in [1.82, 2.24) is 4.67 Å². The summed E-state index contributed by atoms with van der Waals surface area (Å²) in [6, 6.07) is 5.98. The van der Waals surface area contributed by atoms with Crippen LogP contribution >= 0.6 is 8.53 Å². The van der Waals surface area contributed by atoms with Crippen molar-refractivity contribution in [2.45, 2.75) is 78.0 Å². The van der Waals surface area contributed by atoms with E-state index in [1.807, 2.05) is 33.8 Å². The van der Waals surface area contributed by atoms with Crippen molar-refractivity contribution >= 4 is 19.9 Å². The van der Waals surface area contributed by atoms with Crippen molar-refractivity contribution in [1.29, 1.82) is 6.69 Å². The topological polar surface area (TPSA) is 152 Å². The summed E-state index contributed by atoms with van der Waals surface area (Å²) in [7, 11) is -1.49. The van der Waals surface area contributed by atoms with Gasteiger partial charge in [-0.25, -0.2) is 4.67 Å². The summed E-state index contributed by atoms with van der Waals surface area (Å²) < 4.78 is 21.4. The molecule has 1 N–H and O–H groups in total. The van der Waals surface area contributed by atoms with E-state index >= 15 is 0 Å². The first-order chi connectivity index (χ1) is 16.1. The number of hydrogen-bond acceptors (Lipinski definition) is 9. The maximum Gasteiger partial charge on any atom is 0.279 e. The number of nitro benzene ring substituents is 2. The molecule has 0 heterocycles. The zero-order chi connectivity index (χ0) is 25.7. The molecular weight excluding hydrogens is 451 g/mol. The van der Waals surface area contributed by atoms with Gasteiger partial charge in [0, 0.05) is 23.7 Å². The molecule has 0 aliphatic heterocycles. The van der Waals surface area contributed by atoms with E-state index in [9.17, 15) is 20.2 Å². The Kier molecular flexibility index (Phi) is 12.1. The van der Waals surface area contributed by atoms with E-state index in [1.165, 1.54) is 12.1 Å². The number of benzene rings is 1. The summed E-state index contributed by atoms with van der Waals surface area (Å²) >= 11 is 0. The van der Waals surface area contributed by atoms with Gasteiger partial charge in [0.2, 0.25) is 1.43 Å². The van der Waals surface area contributed by atoms with Crippen LogP contribution in [0.5, 0.6) is 0 Å². The van der Waals surface area contributed by atoms with Gasteiger partial charge in [-0.05, 0) is 53.0 Å². The average Bonchev–Trinajstić information content (AvgIpc) is 2.76. The zero-order valence-corrected chi connectivity index (χ0v) is 20.4. The minimum absolute atomic E-state index is 0.0299. The Labute approximate surface area is 197 Å². The van der Waals surface area contributed by atoms with E-state index in [1.54, 1.807) is 0 Å². The zero-order valence-electron chi connectivity index (χ0n) is 20.5. The Balaban J connectivity index is 2.81. The number of unbranched alkanes of at least 4 members (excludes halogenated alkanes) is 1. The first-order valence-electron chi connectivity index (χ1n) is 11.3. The Bertz CT molecular complexity index is 830. The largest absolute Gasteiger partial charge is 0.394 e. The third-order valence-electron chi connectivity index (χ3n) is 4.79. The summed E-state index contributed by atoms with van der Waals surface area (Å²) in [5, 5.41) is 35.6. The molecule has 1 aromatic rings. The molecule has 0 aliphatic carbocycles. The molecule has 1 aromatic carbocycles. The van der Waals surface area contributed by atoms with Crippen LogP contribution in [0.4, 0.5) is 11.4 Å². The van der Waals surface area contributed by atoms with Gasteiger partial charge in [-0.3, -0.25) is 20.2 Å². The van der Waals surface area contributed by atoms with Crippen LogP contribution in [-0.2, 0) is 15.5 Å². The second-order valence-electron chi connectivity index (χ2n) is 8.01. The lowest BCUT2D eigenvalue weighted by Gasteiger charge is -2.37. The van der Waals surface area contributed by atoms with Gasteiger partial charge in [-0.2, -0.15) is 5.26 Å². The number of aliphatic hydroxyl groups is 1. The lowest BCUT2D eigenvalue weighted by atomic mass is 10.0. The van der Waals surface area contributed by atoms with Crippen molar-refractivity contribution in [3.63, 3.8) is 0 Å². The van der Waals surface area contributed by atoms with Gasteiger partial charge in [0.1, 0.15) is 0 Å². The third kappa shape index (κ3) is 9.66. The lowest BCUT2D eigenvalue weighted by molar-refractivity contribution is -0.394. The first-order valence-corrected chi connectivity index (χ1v) is 12.0. The van der Waals surface area contributed by atoms with Crippen molar-refractivity contribution < 1.29 is 24.0 Å². The molecule has 12 heteroatoms. The quantitative estimate of drug-likeness (QED) is 0.141. The molecule has 0 bridgehead atoms. The molecule has 0 radical (unpaired) electrons. The number of nitrogens with zero attached hydrogens (tertiary/aromatic N) is 4. The lowest BCUT2D eigenvalue weighted by Crippen LogP contribution is -2.35. The van der Waals surface area contributed by atoms with Crippen molar-refractivity contribution in [2.24, 2.45) is 0 Å². The fraction of sp³-hybridized carbons (Fsp3) is 0.667. The minimum atomic E-state index is -1.49. The minimum Gasteiger partial charge on any atom is -0.394 e. The van der Waals surface area contributed by atoms with Crippen LogP contribution in [-0.4, -0.2) is 52.5 Å². The van der Waals surface area contributed by atoms with Crippen LogP contribution in [0.25, 0.3) is 0 Å². The van der Waals surface area contributed by atoms with Crippen molar-refractivity contribution in [3.8, 4) is 6.07 Å². The Morgan fingerprint density at radius 1 is 1.21 bits per heavy atom. The number of rotatable bonds is 17. The number of non-ortho nitro benzene ring substituents is 1. The summed E-state index contributed by atoms with van der Waals surface area (Å²) in [5.74, 6) is 0. The van der Waals surface area contributed by atoms with Gasteiger partial charge in [0.25, 0.3) is 19.9 Å². The van der Waals surface area contributed by atoms with E-state index in [-0.39, 0.29) is 43.1 Å². The molecule has 0 fully saturated rings. The molecule has 0 saturated carbocycles. The highest BCUT2D eigenvalue weighted by Gasteiger charge is 2.29. The number of nitro groups is 2. The second-order valence-corrected chi connectivity index (χ2v) is 9.42. The molecule has 33 heavy (non-hydrogen) atoms. The first kappa shape index (κ1) is 27.0. The van der Waals surface area contributed by atoms with E-state index in [2.05, 4.69) is 9.78 Å².